The Hall–Kier alpha value is -2.28. The highest BCUT2D eigenvalue weighted by molar-refractivity contribution is 5.94. The maximum absolute atomic E-state index is 13.2. The van der Waals surface area contributed by atoms with Crippen LogP contribution in [0.25, 0.3) is 0 Å². The lowest BCUT2D eigenvalue weighted by atomic mass is 10.1. The predicted octanol–water partition coefficient (Wildman–Crippen LogP) is 3.23. The number of rotatable bonds is 9. The molecule has 1 amide bonds. The van der Waals surface area contributed by atoms with E-state index in [-0.39, 0.29) is 17.8 Å². The van der Waals surface area contributed by atoms with Crippen LogP contribution < -0.4 is 0 Å². The molecule has 1 saturated heterocycles. The van der Waals surface area contributed by atoms with Gasteiger partial charge in [-0.2, -0.15) is 0 Å². The standard InChI is InChI=1S/C25H33FN2O3/c1-19(2)15-28(25(30)21-8-10-22(26)11-9-21)18-24-17-27(12-13-31-24)16-23(29)14-20-6-4-3-5-7-20/h3-11,19,23-24,29H,12-18H2,1-2H3. The molecule has 0 aromatic heterocycles. The van der Waals surface area contributed by atoms with Crippen LogP contribution in [0.3, 0.4) is 0 Å². The third kappa shape index (κ3) is 7.42. The van der Waals surface area contributed by atoms with Crippen LogP contribution in [0.5, 0.6) is 0 Å². The van der Waals surface area contributed by atoms with E-state index in [1.54, 1.807) is 4.90 Å². The van der Waals surface area contributed by atoms with E-state index in [0.717, 1.165) is 12.1 Å². The van der Waals surface area contributed by atoms with Crippen LogP contribution in [0.4, 0.5) is 4.39 Å². The van der Waals surface area contributed by atoms with Gasteiger partial charge in [-0.1, -0.05) is 44.2 Å². The van der Waals surface area contributed by atoms with E-state index in [2.05, 4.69) is 18.7 Å². The molecule has 1 N–H and O–H groups in total. The molecule has 0 radical (unpaired) electrons. The molecule has 6 heteroatoms. The van der Waals surface area contributed by atoms with Gasteiger partial charge in [0.25, 0.3) is 5.91 Å². The number of aliphatic hydroxyl groups is 1. The summed E-state index contributed by atoms with van der Waals surface area (Å²) in [6, 6.07) is 15.7. The highest BCUT2D eigenvalue weighted by Crippen LogP contribution is 2.14. The molecule has 5 nitrogen and oxygen atoms in total. The minimum Gasteiger partial charge on any atom is -0.391 e. The van der Waals surface area contributed by atoms with Crippen molar-refractivity contribution in [3.05, 3.63) is 71.5 Å². The van der Waals surface area contributed by atoms with Gasteiger partial charge in [0.2, 0.25) is 0 Å². The van der Waals surface area contributed by atoms with Crippen molar-refractivity contribution in [2.45, 2.75) is 32.5 Å². The lowest BCUT2D eigenvalue weighted by Gasteiger charge is -2.37. The van der Waals surface area contributed by atoms with Gasteiger partial charge in [-0.15, -0.1) is 0 Å². The average molecular weight is 429 g/mol. The minimum absolute atomic E-state index is 0.112. The lowest BCUT2D eigenvalue weighted by molar-refractivity contribution is -0.0510. The van der Waals surface area contributed by atoms with Crippen LogP contribution in [0.15, 0.2) is 54.6 Å². The first kappa shape index (κ1) is 23.4. The Morgan fingerprint density at radius 2 is 1.90 bits per heavy atom. The molecule has 2 aromatic rings. The molecule has 0 aliphatic carbocycles. The van der Waals surface area contributed by atoms with Crippen molar-refractivity contribution in [2.75, 3.05) is 39.3 Å². The minimum atomic E-state index is -0.450. The van der Waals surface area contributed by atoms with Crippen LogP contribution >= 0.6 is 0 Å². The predicted molar refractivity (Wildman–Crippen MR) is 119 cm³/mol. The Morgan fingerprint density at radius 3 is 2.58 bits per heavy atom. The van der Waals surface area contributed by atoms with Gasteiger partial charge in [0.15, 0.2) is 0 Å². The number of amides is 1. The molecule has 1 heterocycles. The topological polar surface area (TPSA) is 53.0 Å². The van der Waals surface area contributed by atoms with Crippen LogP contribution in [0, 0.1) is 11.7 Å². The molecule has 1 aliphatic rings. The summed E-state index contributed by atoms with van der Waals surface area (Å²) in [7, 11) is 0. The summed E-state index contributed by atoms with van der Waals surface area (Å²) in [4.78, 5) is 17.0. The fraction of sp³-hybridized carbons (Fsp3) is 0.480. The fourth-order valence-electron chi connectivity index (χ4n) is 4.01. The van der Waals surface area contributed by atoms with Gasteiger partial charge in [0.1, 0.15) is 5.82 Å². The highest BCUT2D eigenvalue weighted by Gasteiger charge is 2.27. The van der Waals surface area contributed by atoms with E-state index >= 15 is 0 Å². The zero-order valence-corrected chi connectivity index (χ0v) is 18.4. The molecule has 0 spiro atoms. The van der Waals surface area contributed by atoms with E-state index in [1.165, 1.54) is 24.3 Å². The van der Waals surface area contributed by atoms with Gasteiger partial charge >= 0.3 is 0 Å². The molecular formula is C25H33FN2O3. The summed E-state index contributed by atoms with van der Waals surface area (Å²) in [5.74, 6) is -0.164. The fourth-order valence-corrected chi connectivity index (χ4v) is 4.01. The van der Waals surface area contributed by atoms with E-state index in [0.29, 0.717) is 50.7 Å². The van der Waals surface area contributed by atoms with Crippen molar-refractivity contribution >= 4 is 5.91 Å². The zero-order chi connectivity index (χ0) is 22.2. The maximum atomic E-state index is 13.2. The van der Waals surface area contributed by atoms with Crippen molar-refractivity contribution in [2.24, 2.45) is 5.92 Å². The van der Waals surface area contributed by atoms with Crippen LogP contribution in [0.1, 0.15) is 29.8 Å². The first-order valence-corrected chi connectivity index (χ1v) is 11.0. The van der Waals surface area contributed by atoms with Crippen molar-refractivity contribution in [1.29, 1.82) is 0 Å². The van der Waals surface area contributed by atoms with Crippen molar-refractivity contribution in [1.82, 2.24) is 9.80 Å². The second-order valence-corrected chi connectivity index (χ2v) is 8.71. The van der Waals surface area contributed by atoms with Gasteiger partial charge < -0.3 is 14.7 Å². The molecule has 2 aromatic carbocycles. The summed E-state index contributed by atoms with van der Waals surface area (Å²) in [6.45, 7) is 7.79. The molecule has 1 aliphatic heterocycles. The summed E-state index contributed by atoms with van der Waals surface area (Å²) >= 11 is 0. The molecule has 0 saturated carbocycles. The molecule has 31 heavy (non-hydrogen) atoms. The van der Waals surface area contributed by atoms with E-state index in [4.69, 9.17) is 4.74 Å². The molecule has 2 atom stereocenters. The van der Waals surface area contributed by atoms with E-state index in [9.17, 15) is 14.3 Å². The van der Waals surface area contributed by atoms with Crippen molar-refractivity contribution < 1.29 is 19.0 Å². The van der Waals surface area contributed by atoms with Gasteiger partial charge in [0.05, 0.1) is 18.8 Å². The van der Waals surface area contributed by atoms with Crippen LogP contribution in [-0.4, -0.2) is 72.4 Å². The molecule has 2 unspecified atom stereocenters. The molecular weight excluding hydrogens is 395 g/mol. The number of hydrogen-bond acceptors (Lipinski definition) is 4. The first-order valence-electron chi connectivity index (χ1n) is 11.0. The quantitative estimate of drug-likeness (QED) is 0.666. The Labute approximate surface area is 184 Å². The number of halogens is 1. The highest BCUT2D eigenvalue weighted by atomic mass is 19.1. The Kier molecular flexibility index (Phi) is 8.58. The zero-order valence-electron chi connectivity index (χ0n) is 18.4. The molecule has 0 bridgehead atoms. The normalized spacial score (nSPS) is 18.2. The largest absolute Gasteiger partial charge is 0.391 e. The van der Waals surface area contributed by atoms with Crippen molar-refractivity contribution in [3.8, 4) is 0 Å². The maximum Gasteiger partial charge on any atom is 0.253 e. The number of carbonyl (C=O) groups is 1. The third-order valence-electron chi connectivity index (χ3n) is 5.39. The molecule has 1 fully saturated rings. The monoisotopic (exact) mass is 428 g/mol. The number of morpholine rings is 1. The van der Waals surface area contributed by atoms with E-state index < -0.39 is 6.10 Å². The Morgan fingerprint density at radius 1 is 1.19 bits per heavy atom. The number of hydrogen-bond donors (Lipinski definition) is 1. The van der Waals surface area contributed by atoms with Gasteiger partial charge in [-0.25, -0.2) is 4.39 Å². The third-order valence-corrected chi connectivity index (χ3v) is 5.39. The number of benzene rings is 2. The second kappa shape index (κ2) is 11.4. The van der Waals surface area contributed by atoms with Crippen LogP contribution in [0.2, 0.25) is 0 Å². The average Bonchev–Trinajstić information content (AvgIpc) is 2.74. The SMILES string of the molecule is CC(C)CN(CC1CN(CC(O)Cc2ccccc2)CCO1)C(=O)c1ccc(F)cc1. The van der Waals surface area contributed by atoms with Gasteiger partial charge in [-0.3, -0.25) is 9.69 Å². The van der Waals surface area contributed by atoms with Crippen molar-refractivity contribution in [3.63, 3.8) is 0 Å². The molecule has 168 valence electrons. The second-order valence-electron chi connectivity index (χ2n) is 8.71. The Bertz CT molecular complexity index is 813. The number of carbonyl (C=O) groups excluding carboxylic acids is 1. The van der Waals surface area contributed by atoms with Gasteiger partial charge in [0, 0.05) is 38.3 Å². The van der Waals surface area contributed by atoms with E-state index in [1.807, 2.05) is 30.3 Å². The van der Waals surface area contributed by atoms with Gasteiger partial charge in [-0.05, 0) is 42.2 Å². The first-order chi connectivity index (χ1) is 14.9. The summed E-state index contributed by atoms with van der Waals surface area (Å²) < 4.78 is 19.2. The summed E-state index contributed by atoms with van der Waals surface area (Å²) in [6.07, 6.45) is 0.0420. The number of β-amino-alcohol motifs (C(OH)–C–C–N with tert-alkyl or cyclic N) is 1. The smallest absolute Gasteiger partial charge is 0.253 e. The Balaban J connectivity index is 1.58. The van der Waals surface area contributed by atoms with Crippen LogP contribution in [-0.2, 0) is 11.2 Å². The number of ether oxygens (including phenoxy) is 1. The lowest BCUT2D eigenvalue weighted by Crippen LogP contribution is -2.51. The number of nitrogens with zero attached hydrogens (tertiary/aromatic N) is 2. The summed E-state index contributed by atoms with van der Waals surface area (Å²) in [5, 5.41) is 10.5. The number of aliphatic hydroxyl groups excluding tert-OH is 1. The summed E-state index contributed by atoms with van der Waals surface area (Å²) in [5.41, 5.74) is 1.60. The molecule has 3 rings (SSSR count).